The van der Waals surface area contributed by atoms with Gasteiger partial charge in [0.05, 0.1) is 14.2 Å². The smallest absolute Gasteiger partial charge is 0.341 e. The molecule has 0 fully saturated rings. The van der Waals surface area contributed by atoms with Crippen molar-refractivity contribution in [2.75, 3.05) is 20.8 Å². The highest BCUT2D eigenvalue weighted by atomic mass is 16.5. The van der Waals surface area contributed by atoms with Gasteiger partial charge in [-0.2, -0.15) is 0 Å². The summed E-state index contributed by atoms with van der Waals surface area (Å²) in [5.41, 5.74) is 1.24. The van der Waals surface area contributed by atoms with Crippen LogP contribution in [0.25, 0.3) is 6.08 Å². The Morgan fingerprint density at radius 3 is 2.08 bits per heavy atom. The van der Waals surface area contributed by atoms with Crippen LogP contribution in [-0.2, 0) is 4.79 Å². The molecule has 25 heavy (non-hydrogen) atoms. The Hall–Kier alpha value is -3.28. The molecular weight excluding hydrogens is 324 g/mol. The van der Waals surface area contributed by atoms with Gasteiger partial charge in [-0.25, -0.2) is 4.79 Å². The van der Waals surface area contributed by atoms with Gasteiger partial charge < -0.3 is 19.3 Å². The van der Waals surface area contributed by atoms with E-state index in [0.29, 0.717) is 22.8 Å². The van der Waals surface area contributed by atoms with Crippen molar-refractivity contribution in [1.29, 1.82) is 0 Å². The minimum atomic E-state index is -1.06. The zero-order valence-corrected chi connectivity index (χ0v) is 13.9. The van der Waals surface area contributed by atoms with Crippen molar-refractivity contribution in [3.63, 3.8) is 0 Å². The molecule has 0 unspecified atom stereocenters. The van der Waals surface area contributed by atoms with Gasteiger partial charge in [0.2, 0.25) is 0 Å². The third-order valence-electron chi connectivity index (χ3n) is 3.30. The van der Waals surface area contributed by atoms with E-state index in [9.17, 15) is 9.59 Å². The van der Waals surface area contributed by atoms with Crippen molar-refractivity contribution in [3.8, 4) is 17.2 Å². The number of benzene rings is 2. The van der Waals surface area contributed by atoms with Crippen molar-refractivity contribution in [1.82, 2.24) is 0 Å². The fourth-order valence-electron chi connectivity index (χ4n) is 2.05. The number of allylic oxidation sites excluding steroid dienone is 1. The number of hydrogen-bond acceptors (Lipinski definition) is 5. The fraction of sp³-hybridized carbons (Fsp3) is 0.158. The molecule has 1 N–H and O–H groups in total. The van der Waals surface area contributed by atoms with Gasteiger partial charge in [0.1, 0.15) is 17.2 Å². The van der Waals surface area contributed by atoms with Gasteiger partial charge in [-0.3, -0.25) is 4.79 Å². The third-order valence-corrected chi connectivity index (χ3v) is 3.30. The first-order valence-electron chi connectivity index (χ1n) is 7.42. The average molecular weight is 342 g/mol. The molecular formula is C19H18O6. The van der Waals surface area contributed by atoms with Crippen molar-refractivity contribution < 1.29 is 28.9 Å². The summed E-state index contributed by atoms with van der Waals surface area (Å²) in [6, 6.07) is 11.6. The van der Waals surface area contributed by atoms with E-state index in [1.54, 1.807) is 62.8 Å². The van der Waals surface area contributed by atoms with Gasteiger partial charge in [0.25, 0.3) is 0 Å². The Morgan fingerprint density at radius 2 is 1.56 bits per heavy atom. The Bertz CT molecular complexity index is 755. The first-order chi connectivity index (χ1) is 12.0. The van der Waals surface area contributed by atoms with Gasteiger partial charge in [-0.15, -0.1) is 0 Å². The first kappa shape index (κ1) is 18.1. The maximum absolute atomic E-state index is 12.2. The van der Waals surface area contributed by atoms with E-state index in [4.69, 9.17) is 19.3 Å². The molecule has 2 aromatic carbocycles. The van der Waals surface area contributed by atoms with E-state index in [-0.39, 0.29) is 5.78 Å². The van der Waals surface area contributed by atoms with Crippen LogP contribution in [0.1, 0.15) is 15.9 Å². The highest BCUT2D eigenvalue weighted by Crippen LogP contribution is 2.23. The lowest BCUT2D eigenvalue weighted by Crippen LogP contribution is -2.09. The third kappa shape index (κ3) is 5.39. The van der Waals surface area contributed by atoms with Crippen LogP contribution in [0.2, 0.25) is 0 Å². The molecule has 0 aromatic heterocycles. The van der Waals surface area contributed by atoms with Crippen LogP contribution in [0.3, 0.4) is 0 Å². The molecule has 0 aliphatic carbocycles. The van der Waals surface area contributed by atoms with E-state index in [2.05, 4.69) is 0 Å². The van der Waals surface area contributed by atoms with E-state index in [1.165, 1.54) is 6.08 Å². The lowest BCUT2D eigenvalue weighted by molar-refractivity contribution is -0.139. The molecule has 0 aliphatic heterocycles. The van der Waals surface area contributed by atoms with E-state index in [1.807, 2.05) is 0 Å². The molecule has 130 valence electrons. The number of carbonyl (C=O) groups excluding carboxylic acids is 1. The Labute approximate surface area is 145 Å². The fourth-order valence-corrected chi connectivity index (χ4v) is 2.05. The zero-order chi connectivity index (χ0) is 18.2. The maximum Gasteiger partial charge on any atom is 0.341 e. The predicted molar refractivity (Wildman–Crippen MR) is 92.5 cm³/mol. The molecule has 0 aliphatic rings. The summed E-state index contributed by atoms with van der Waals surface area (Å²) < 4.78 is 15.4. The molecule has 0 saturated heterocycles. The maximum atomic E-state index is 12.2. The molecule has 0 atom stereocenters. The molecule has 2 rings (SSSR count). The van der Waals surface area contributed by atoms with Crippen LogP contribution in [0.4, 0.5) is 0 Å². The van der Waals surface area contributed by atoms with E-state index in [0.717, 1.165) is 5.56 Å². The largest absolute Gasteiger partial charge is 0.497 e. The van der Waals surface area contributed by atoms with Crippen molar-refractivity contribution >= 4 is 17.8 Å². The molecule has 0 amide bonds. The molecule has 0 bridgehead atoms. The van der Waals surface area contributed by atoms with Crippen LogP contribution < -0.4 is 14.2 Å². The van der Waals surface area contributed by atoms with Gasteiger partial charge in [0.15, 0.2) is 12.4 Å². The minimum Gasteiger partial charge on any atom is -0.497 e. The molecule has 6 heteroatoms. The lowest BCUT2D eigenvalue weighted by atomic mass is 10.1. The van der Waals surface area contributed by atoms with Crippen LogP contribution in [0, 0.1) is 0 Å². The quantitative estimate of drug-likeness (QED) is 0.586. The number of rotatable bonds is 8. The summed E-state index contributed by atoms with van der Waals surface area (Å²) in [6.07, 6.45) is 3.11. The molecule has 0 spiro atoms. The van der Waals surface area contributed by atoms with Crippen molar-refractivity contribution in [2.24, 2.45) is 0 Å². The lowest BCUT2D eigenvalue weighted by Gasteiger charge is -2.06. The standard InChI is InChI=1S/C19H18O6/c1-23-16-9-13(10-17(11-16)24-2)3-8-18(20)14-4-6-15(7-5-14)25-12-19(21)22/h3-11H,12H2,1-2H3,(H,21,22). The molecule has 0 heterocycles. The van der Waals surface area contributed by atoms with Crippen LogP contribution in [0.15, 0.2) is 48.5 Å². The highest BCUT2D eigenvalue weighted by Gasteiger charge is 2.05. The summed E-state index contributed by atoms with van der Waals surface area (Å²) in [4.78, 5) is 22.7. The van der Waals surface area contributed by atoms with Crippen LogP contribution in [0.5, 0.6) is 17.2 Å². The topological polar surface area (TPSA) is 82.1 Å². The number of carbonyl (C=O) groups is 2. The number of carboxylic acid groups (broad SMARTS) is 1. The Balaban J connectivity index is 2.08. The van der Waals surface area contributed by atoms with Gasteiger partial charge in [-0.1, -0.05) is 6.08 Å². The zero-order valence-electron chi connectivity index (χ0n) is 13.9. The SMILES string of the molecule is COc1cc(C=CC(=O)c2ccc(OCC(=O)O)cc2)cc(OC)c1. The summed E-state index contributed by atoms with van der Waals surface area (Å²) in [6.45, 7) is -0.426. The normalized spacial score (nSPS) is 10.5. The second-order valence-electron chi connectivity index (χ2n) is 5.05. The summed E-state index contributed by atoms with van der Waals surface area (Å²) in [7, 11) is 3.11. The molecule has 0 radical (unpaired) electrons. The second-order valence-corrected chi connectivity index (χ2v) is 5.05. The summed E-state index contributed by atoms with van der Waals surface area (Å²) >= 11 is 0. The summed E-state index contributed by atoms with van der Waals surface area (Å²) in [5, 5.41) is 8.56. The first-order valence-corrected chi connectivity index (χ1v) is 7.42. The number of methoxy groups -OCH3 is 2. The Kier molecular flexibility index (Phi) is 6.17. The van der Waals surface area contributed by atoms with Gasteiger partial charge in [-0.05, 0) is 48.0 Å². The molecule has 2 aromatic rings. The second kappa shape index (κ2) is 8.54. The number of ketones is 1. The van der Waals surface area contributed by atoms with E-state index >= 15 is 0 Å². The monoisotopic (exact) mass is 342 g/mol. The summed E-state index contributed by atoms with van der Waals surface area (Å²) in [5.74, 6) is 0.404. The van der Waals surface area contributed by atoms with Gasteiger partial charge in [0, 0.05) is 11.6 Å². The minimum absolute atomic E-state index is 0.188. The highest BCUT2D eigenvalue weighted by molar-refractivity contribution is 6.06. The average Bonchev–Trinajstić information content (AvgIpc) is 2.64. The number of ether oxygens (including phenoxy) is 3. The number of aliphatic carboxylic acids is 1. The Morgan fingerprint density at radius 1 is 0.960 bits per heavy atom. The van der Waals surface area contributed by atoms with Crippen molar-refractivity contribution in [2.45, 2.75) is 0 Å². The predicted octanol–water partition coefficient (Wildman–Crippen LogP) is 3.06. The van der Waals surface area contributed by atoms with Gasteiger partial charge >= 0.3 is 5.97 Å². The van der Waals surface area contributed by atoms with Crippen LogP contribution >= 0.6 is 0 Å². The number of hydrogen-bond donors (Lipinski definition) is 1. The van der Waals surface area contributed by atoms with Crippen molar-refractivity contribution in [3.05, 3.63) is 59.7 Å². The van der Waals surface area contributed by atoms with Crippen LogP contribution in [-0.4, -0.2) is 37.7 Å². The number of carboxylic acids is 1. The van der Waals surface area contributed by atoms with E-state index < -0.39 is 12.6 Å². The molecule has 0 saturated carbocycles. The molecule has 6 nitrogen and oxygen atoms in total.